The first-order valence-corrected chi connectivity index (χ1v) is 6.25. The molecule has 0 aliphatic carbocycles. The zero-order valence-corrected chi connectivity index (χ0v) is 11.5. The van der Waals surface area contributed by atoms with Gasteiger partial charge in [0.2, 0.25) is 0 Å². The molecule has 0 bridgehead atoms. The van der Waals surface area contributed by atoms with Gasteiger partial charge in [0, 0.05) is 22.6 Å². The number of benzene rings is 1. The van der Waals surface area contributed by atoms with Gasteiger partial charge in [-0.2, -0.15) is 13.2 Å². The van der Waals surface area contributed by atoms with Crippen molar-refractivity contribution in [1.29, 1.82) is 0 Å². The summed E-state index contributed by atoms with van der Waals surface area (Å²) in [7, 11) is 0. The van der Waals surface area contributed by atoms with E-state index in [2.05, 4.69) is 26.2 Å². The number of halogens is 4. The standard InChI is InChI=1S/C13H8BrF3N2O/c14-8-1-2-10(11(7-8)13(15,16)17)12(20)19-9-3-5-18-6-4-9/h1-7H,(H,18,19,20). The third-order valence-electron chi connectivity index (χ3n) is 2.47. The van der Waals surface area contributed by atoms with Gasteiger partial charge >= 0.3 is 6.18 Å². The Balaban J connectivity index is 2.35. The van der Waals surface area contributed by atoms with Crippen molar-refractivity contribution < 1.29 is 18.0 Å². The Morgan fingerprint density at radius 1 is 1.15 bits per heavy atom. The molecular weight excluding hydrogens is 337 g/mol. The van der Waals surface area contributed by atoms with Crippen LogP contribution in [-0.2, 0) is 6.18 Å². The molecule has 3 nitrogen and oxygen atoms in total. The Morgan fingerprint density at radius 2 is 1.80 bits per heavy atom. The number of rotatable bonds is 2. The Hall–Kier alpha value is -1.89. The van der Waals surface area contributed by atoms with Crippen LogP contribution >= 0.6 is 15.9 Å². The third-order valence-corrected chi connectivity index (χ3v) is 2.96. The lowest BCUT2D eigenvalue weighted by Gasteiger charge is -2.13. The van der Waals surface area contributed by atoms with Crippen molar-refractivity contribution >= 4 is 27.5 Å². The summed E-state index contributed by atoms with van der Waals surface area (Å²) in [6, 6.07) is 6.37. The van der Waals surface area contributed by atoms with Crippen LogP contribution in [-0.4, -0.2) is 10.9 Å². The van der Waals surface area contributed by atoms with Gasteiger partial charge in [0.1, 0.15) is 0 Å². The normalized spacial score (nSPS) is 11.2. The van der Waals surface area contributed by atoms with E-state index in [1.807, 2.05) is 0 Å². The molecule has 0 spiro atoms. The van der Waals surface area contributed by atoms with E-state index in [4.69, 9.17) is 0 Å². The van der Waals surface area contributed by atoms with E-state index in [1.165, 1.54) is 30.6 Å². The molecule has 0 saturated heterocycles. The summed E-state index contributed by atoms with van der Waals surface area (Å²) in [6.45, 7) is 0. The van der Waals surface area contributed by atoms with Crippen LogP contribution in [0.25, 0.3) is 0 Å². The number of carbonyl (C=O) groups excluding carboxylic acids is 1. The largest absolute Gasteiger partial charge is 0.417 e. The Morgan fingerprint density at radius 3 is 2.40 bits per heavy atom. The monoisotopic (exact) mass is 344 g/mol. The lowest BCUT2D eigenvalue weighted by Crippen LogP contribution is -2.18. The van der Waals surface area contributed by atoms with E-state index in [9.17, 15) is 18.0 Å². The minimum Gasteiger partial charge on any atom is -0.322 e. The third kappa shape index (κ3) is 3.36. The van der Waals surface area contributed by atoms with E-state index in [0.717, 1.165) is 12.1 Å². The molecule has 7 heteroatoms. The first-order chi connectivity index (χ1) is 9.38. The number of amides is 1. The van der Waals surface area contributed by atoms with Crippen LogP contribution in [0.1, 0.15) is 15.9 Å². The first-order valence-electron chi connectivity index (χ1n) is 5.46. The minimum atomic E-state index is -4.60. The zero-order valence-electron chi connectivity index (χ0n) is 9.91. The van der Waals surface area contributed by atoms with Crippen molar-refractivity contribution in [2.24, 2.45) is 0 Å². The van der Waals surface area contributed by atoms with Crippen molar-refractivity contribution in [2.75, 3.05) is 5.32 Å². The predicted octanol–water partition coefficient (Wildman–Crippen LogP) is 4.12. The summed E-state index contributed by atoms with van der Waals surface area (Å²) in [6.07, 6.45) is -1.74. The summed E-state index contributed by atoms with van der Waals surface area (Å²) in [5, 5.41) is 2.40. The molecule has 0 radical (unpaired) electrons. The molecule has 1 amide bonds. The molecule has 0 unspecified atom stereocenters. The first kappa shape index (κ1) is 14.5. The maximum absolute atomic E-state index is 12.9. The Bertz CT molecular complexity index is 629. The minimum absolute atomic E-state index is 0.255. The smallest absolute Gasteiger partial charge is 0.322 e. The average molecular weight is 345 g/mol. The predicted molar refractivity (Wildman–Crippen MR) is 71.3 cm³/mol. The van der Waals surface area contributed by atoms with Gasteiger partial charge < -0.3 is 5.32 Å². The number of nitrogens with one attached hydrogen (secondary N) is 1. The highest BCUT2D eigenvalue weighted by Gasteiger charge is 2.35. The molecule has 0 saturated carbocycles. The van der Waals surface area contributed by atoms with Gasteiger partial charge in [0.05, 0.1) is 11.1 Å². The molecular formula is C13H8BrF3N2O. The van der Waals surface area contributed by atoms with E-state index in [0.29, 0.717) is 5.69 Å². The summed E-state index contributed by atoms with van der Waals surface area (Å²) < 4.78 is 39.0. The number of anilines is 1. The molecule has 2 aromatic rings. The van der Waals surface area contributed by atoms with Gasteiger partial charge in [0.25, 0.3) is 5.91 Å². The highest BCUT2D eigenvalue weighted by molar-refractivity contribution is 9.10. The number of pyridine rings is 1. The van der Waals surface area contributed by atoms with Crippen LogP contribution in [0.4, 0.5) is 18.9 Å². The second-order valence-electron chi connectivity index (χ2n) is 3.88. The molecule has 20 heavy (non-hydrogen) atoms. The summed E-state index contributed by atoms with van der Waals surface area (Å²) in [5.41, 5.74) is -1.04. The molecule has 0 atom stereocenters. The lowest BCUT2D eigenvalue weighted by molar-refractivity contribution is -0.137. The van der Waals surface area contributed by atoms with E-state index in [1.54, 1.807) is 0 Å². The van der Waals surface area contributed by atoms with Crippen molar-refractivity contribution in [1.82, 2.24) is 4.98 Å². The SMILES string of the molecule is O=C(Nc1ccncc1)c1ccc(Br)cc1C(F)(F)F. The molecule has 1 N–H and O–H groups in total. The molecule has 1 heterocycles. The average Bonchev–Trinajstić information content (AvgIpc) is 2.38. The fourth-order valence-corrected chi connectivity index (χ4v) is 1.94. The number of carbonyl (C=O) groups is 1. The lowest BCUT2D eigenvalue weighted by atomic mass is 10.1. The highest BCUT2D eigenvalue weighted by Crippen LogP contribution is 2.34. The molecule has 104 valence electrons. The van der Waals surface area contributed by atoms with Crippen LogP contribution in [0.15, 0.2) is 47.2 Å². The van der Waals surface area contributed by atoms with E-state index in [-0.39, 0.29) is 4.47 Å². The molecule has 1 aromatic heterocycles. The Kier molecular flexibility index (Phi) is 4.08. The molecule has 0 fully saturated rings. The second kappa shape index (κ2) is 5.62. The van der Waals surface area contributed by atoms with Gasteiger partial charge in [-0.15, -0.1) is 0 Å². The topological polar surface area (TPSA) is 42.0 Å². The molecule has 2 rings (SSSR count). The maximum Gasteiger partial charge on any atom is 0.417 e. The number of aromatic nitrogens is 1. The molecule has 0 aliphatic rings. The number of nitrogens with zero attached hydrogens (tertiary/aromatic N) is 1. The highest BCUT2D eigenvalue weighted by atomic mass is 79.9. The summed E-state index contributed by atoms with van der Waals surface area (Å²) >= 11 is 2.96. The van der Waals surface area contributed by atoms with Crippen LogP contribution in [0.2, 0.25) is 0 Å². The summed E-state index contributed by atoms with van der Waals surface area (Å²) in [5.74, 6) is -0.823. The quantitative estimate of drug-likeness (QED) is 0.890. The van der Waals surface area contributed by atoms with Gasteiger partial charge in [-0.3, -0.25) is 9.78 Å². The van der Waals surface area contributed by atoms with Gasteiger partial charge in [-0.25, -0.2) is 0 Å². The van der Waals surface area contributed by atoms with Crippen molar-refractivity contribution in [3.8, 4) is 0 Å². The number of alkyl halides is 3. The maximum atomic E-state index is 12.9. The van der Waals surface area contributed by atoms with E-state index >= 15 is 0 Å². The van der Waals surface area contributed by atoms with Gasteiger partial charge in [-0.1, -0.05) is 15.9 Å². The summed E-state index contributed by atoms with van der Waals surface area (Å²) in [4.78, 5) is 15.7. The zero-order chi connectivity index (χ0) is 14.8. The second-order valence-corrected chi connectivity index (χ2v) is 4.79. The van der Waals surface area contributed by atoms with Gasteiger partial charge in [-0.05, 0) is 30.3 Å². The Labute approximate surface area is 121 Å². The van der Waals surface area contributed by atoms with Crippen molar-refractivity contribution in [3.05, 3.63) is 58.3 Å². The van der Waals surface area contributed by atoms with Crippen molar-refractivity contribution in [2.45, 2.75) is 6.18 Å². The van der Waals surface area contributed by atoms with Crippen molar-refractivity contribution in [3.63, 3.8) is 0 Å². The van der Waals surface area contributed by atoms with E-state index < -0.39 is 23.2 Å². The number of hydrogen-bond acceptors (Lipinski definition) is 2. The fraction of sp³-hybridized carbons (Fsp3) is 0.0769. The van der Waals surface area contributed by atoms with Crippen LogP contribution in [0.5, 0.6) is 0 Å². The number of hydrogen-bond donors (Lipinski definition) is 1. The fourth-order valence-electron chi connectivity index (χ4n) is 1.58. The van der Waals surface area contributed by atoms with Crippen LogP contribution in [0.3, 0.4) is 0 Å². The van der Waals surface area contributed by atoms with Crippen LogP contribution < -0.4 is 5.32 Å². The molecule has 0 aliphatic heterocycles. The molecule has 1 aromatic carbocycles. The van der Waals surface area contributed by atoms with Crippen LogP contribution in [0, 0.1) is 0 Å². The van der Waals surface area contributed by atoms with Gasteiger partial charge in [0.15, 0.2) is 0 Å².